The summed E-state index contributed by atoms with van der Waals surface area (Å²) in [6.07, 6.45) is 0. The highest BCUT2D eigenvalue weighted by atomic mass is 79.9. The van der Waals surface area contributed by atoms with Crippen molar-refractivity contribution >= 4 is 33.6 Å². The smallest absolute Gasteiger partial charge is 0.343 e. The van der Waals surface area contributed by atoms with Crippen LogP contribution < -0.4 is 4.74 Å². The number of carbonyl (C=O) groups is 2. The maximum Gasteiger partial charge on any atom is 0.343 e. The number of nitro groups is 1. The van der Waals surface area contributed by atoms with E-state index in [-0.39, 0.29) is 22.4 Å². The minimum absolute atomic E-state index is 0.000781. The van der Waals surface area contributed by atoms with Gasteiger partial charge in [0.05, 0.1) is 28.7 Å². The van der Waals surface area contributed by atoms with E-state index in [1.54, 1.807) is 6.92 Å². The minimum Gasteiger partial charge on any atom is -0.474 e. The van der Waals surface area contributed by atoms with E-state index in [1.807, 2.05) is 0 Å². The van der Waals surface area contributed by atoms with Crippen molar-refractivity contribution in [1.82, 2.24) is 0 Å². The molecule has 114 valence electrons. The van der Waals surface area contributed by atoms with Crippen molar-refractivity contribution in [3.8, 4) is 5.75 Å². The van der Waals surface area contributed by atoms with Crippen LogP contribution in [0.2, 0.25) is 0 Å². The summed E-state index contributed by atoms with van der Waals surface area (Å²) in [6, 6.07) is 2.34. The molecule has 0 N–H and O–H groups in total. The second kappa shape index (κ2) is 7.58. The average Bonchev–Trinajstić information content (AvgIpc) is 2.44. The second-order valence-corrected chi connectivity index (χ2v) is 4.50. The third kappa shape index (κ3) is 4.42. The van der Waals surface area contributed by atoms with E-state index in [9.17, 15) is 19.7 Å². The molecule has 1 aromatic rings. The van der Waals surface area contributed by atoms with Crippen LogP contribution in [0.25, 0.3) is 0 Å². The van der Waals surface area contributed by atoms with Gasteiger partial charge in [0.25, 0.3) is 0 Å². The number of hydrogen-bond acceptors (Lipinski definition) is 7. The molecule has 0 heterocycles. The summed E-state index contributed by atoms with van der Waals surface area (Å²) in [6.45, 7) is 1.27. The number of esters is 2. The molecular weight excluding hydrogens is 350 g/mol. The summed E-state index contributed by atoms with van der Waals surface area (Å²) in [5, 5.41) is 11.1. The summed E-state index contributed by atoms with van der Waals surface area (Å²) in [7, 11) is 1.17. The normalized spacial score (nSPS) is 9.86. The van der Waals surface area contributed by atoms with Gasteiger partial charge in [0.15, 0.2) is 6.61 Å². The molecule has 0 aliphatic heterocycles. The maximum atomic E-state index is 11.6. The van der Waals surface area contributed by atoms with Crippen molar-refractivity contribution < 1.29 is 28.7 Å². The van der Waals surface area contributed by atoms with Crippen LogP contribution >= 0.6 is 15.9 Å². The Labute approximate surface area is 128 Å². The third-order valence-corrected chi connectivity index (χ3v) is 2.88. The summed E-state index contributed by atoms with van der Waals surface area (Å²) in [4.78, 5) is 33.0. The SMILES string of the molecule is CCOC(=O)c1cc(Br)c(OCC(=O)OC)c([N+](=O)[O-])c1. The minimum atomic E-state index is -0.722. The molecule has 0 bridgehead atoms. The molecular formula is C12H12BrNO7. The largest absolute Gasteiger partial charge is 0.474 e. The molecule has 9 heteroatoms. The lowest BCUT2D eigenvalue weighted by Crippen LogP contribution is -2.14. The third-order valence-electron chi connectivity index (χ3n) is 2.29. The first-order chi connectivity index (χ1) is 9.90. The standard InChI is InChI=1S/C12H12BrNO7/c1-3-20-12(16)7-4-8(13)11(9(5-7)14(17)18)21-6-10(15)19-2/h4-5H,3,6H2,1-2H3. The van der Waals surface area contributed by atoms with Crippen molar-refractivity contribution in [3.05, 3.63) is 32.3 Å². The highest BCUT2D eigenvalue weighted by Crippen LogP contribution is 2.36. The van der Waals surface area contributed by atoms with Gasteiger partial charge in [0.1, 0.15) is 0 Å². The van der Waals surface area contributed by atoms with E-state index in [2.05, 4.69) is 20.7 Å². The number of methoxy groups -OCH3 is 1. The number of benzene rings is 1. The van der Waals surface area contributed by atoms with Crippen LogP contribution in [0.1, 0.15) is 17.3 Å². The molecule has 0 aliphatic rings. The van der Waals surface area contributed by atoms with Gasteiger partial charge in [-0.05, 0) is 28.9 Å². The van der Waals surface area contributed by atoms with E-state index in [0.717, 1.165) is 6.07 Å². The fourth-order valence-electron chi connectivity index (χ4n) is 1.38. The van der Waals surface area contributed by atoms with Crippen LogP contribution in [0.3, 0.4) is 0 Å². The van der Waals surface area contributed by atoms with Gasteiger partial charge in [-0.2, -0.15) is 0 Å². The molecule has 0 aromatic heterocycles. The highest BCUT2D eigenvalue weighted by Gasteiger charge is 2.24. The number of nitrogens with zero attached hydrogens (tertiary/aromatic N) is 1. The zero-order chi connectivity index (χ0) is 16.0. The number of carbonyl (C=O) groups excluding carboxylic acids is 2. The first-order valence-electron chi connectivity index (χ1n) is 5.75. The first-order valence-corrected chi connectivity index (χ1v) is 6.54. The zero-order valence-electron chi connectivity index (χ0n) is 11.3. The molecule has 8 nitrogen and oxygen atoms in total. The topological polar surface area (TPSA) is 105 Å². The van der Waals surface area contributed by atoms with Crippen molar-refractivity contribution in [3.63, 3.8) is 0 Å². The summed E-state index contributed by atoms with van der Waals surface area (Å²) >= 11 is 3.07. The van der Waals surface area contributed by atoms with E-state index >= 15 is 0 Å². The Bertz CT molecular complexity index is 573. The second-order valence-electron chi connectivity index (χ2n) is 3.65. The average molecular weight is 362 g/mol. The molecule has 0 spiro atoms. The molecule has 0 atom stereocenters. The zero-order valence-corrected chi connectivity index (χ0v) is 12.8. The number of hydrogen-bond donors (Lipinski definition) is 0. The van der Waals surface area contributed by atoms with Crippen LogP contribution in [0, 0.1) is 10.1 Å². The van der Waals surface area contributed by atoms with E-state index in [1.165, 1.54) is 13.2 Å². The van der Waals surface area contributed by atoms with Crippen LogP contribution in [-0.4, -0.2) is 37.2 Å². The highest BCUT2D eigenvalue weighted by molar-refractivity contribution is 9.10. The summed E-state index contributed by atoms with van der Waals surface area (Å²) in [5.41, 5.74) is -0.461. The van der Waals surface area contributed by atoms with Crippen LogP contribution in [0.5, 0.6) is 5.75 Å². The van der Waals surface area contributed by atoms with Gasteiger partial charge in [0, 0.05) is 6.07 Å². The van der Waals surface area contributed by atoms with Gasteiger partial charge in [-0.15, -0.1) is 0 Å². The Kier molecular flexibility index (Phi) is 6.10. The number of halogens is 1. The van der Waals surface area contributed by atoms with Crippen molar-refractivity contribution in [2.75, 3.05) is 20.3 Å². The maximum absolute atomic E-state index is 11.6. The van der Waals surface area contributed by atoms with Crippen LogP contribution in [0.15, 0.2) is 16.6 Å². The molecule has 0 saturated heterocycles. The molecule has 21 heavy (non-hydrogen) atoms. The van der Waals surface area contributed by atoms with Crippen molar-refractivity contribution in [2.24, 2.45) is 0 Å². The Hall–Kier alpha value is -2.16. The van der Waals surface area contributed by atoms with Crippen LogP contribution in [-0.2, 0) is 14.3 Å². The Morgan fingerprint density at radius 3 is 2.57 bits per heavy atom. The van der Waals surface area contributed by atoms with Gasteiger partial charge < -0.3 is 14.2 Å². The molecule has 1 aromatic carbocycles. The van der Waals surface area contributed by atoms with E-state index < -0.39 is 29.2 Å². The molecule has 0 unspecified atom stereocenters. The lowest BCUT2D eigenvalue weighted by Gasteiger charge is -2.09. The first kappa shape index (κ1) is 16.9. The Balaban J connectivity index is 3.16. The van der Waals surface area contributed by atoms with Gasteiger partial charge in [0.2, 0.25) is 5.75 Å². The lowest BCUT2D eigenvalue weighted by atomic mass is 10.2. The predicted octanol–water partition coefficient (Wildman–Crippen LogP) is 2.09. The van der Waals surface area contributed by atoms with Gasteiger partial charge in [-0.1, -0.05) is 0 Å². The fraction of sp³-hybridized carbons (Fsp3) is 0.333. The van der Waals surface area contributed by atoms with Gasteiger partial charge in [-0.25, -0.2) is 9.59 Å². The van der Waals surface area contributed by atoms with Crippen molar-refractivity contribution in [1.29, 1.82) is 0 Å². The summed E-state index contributed by atoms with van der Waals surface area (Å²) < 4.78 is 14.4. The molecule has 1 rings (SSSR count). The van der Waals surface area contributed by atoms with Gasteiger partial charge in [-0.3, -0.25) is 10.1 Å². The van der Waals surface area contributed by atoms with Gasteiger partial charge >= 0.3 is 17.6 Å². The fourth-order valence-corrected chi connectivity index (χ4v) is 1.94. The Morgan fingerprint density at radius 1 is 1.38 bits per heavy atom. The monoisotopic (exact) mass is 361 g/mol. The predicted molar refractivity (Wildman–Crippen MR) is 74.3 cm³/mol. The molecule has 0 amide bonds. The van der Waals surface area contributed by atoms with E-state index in [4.69, 9.17) is 9.47 Å². The summed E-state index contributed by atoms with van der Waals surface area (Å²) in [5.74, 6) is -1.55. The number of ether oxygens (including phenoxy) is 3. The van der Waals surface area contributed by atoms with Crippen LogP contribution in [0.4, 0.5) is 5.69 Å². The van der Waals surface area contributed by atoms with Crippen molar-refractivity contribution in [2.45, 2.75) is 6.92 Å². The lowest BCUT2D eigenvalue weighted by molar-refractivity contribution is -0.385. The number of nitro benzene ring substituents is 1. The molecule has 0 aliphatic carbocycles. The molecule has 0 fully saturated rings. The quantitative estimate of drug-likeness (QED) is 0.433. The molecule has 0 radical (unpaired) electrons. The number of rotatable bonds is 6. The Morgan fingerprint density at radius 2 is 2.05 bits per heavy atom. The van der Waals surface area contributed by atoms with E-state index in [0.29, 0.717) is 0 Å². The molecule has 0 saturated carbocycles.